The molecule has 14 heavy (non-hydrogen) atoms. The number of hydrogen-bond acceptors (Lipinski definition) is 2. The minimum absolute atomic E-state index is 3.36. The number of ketones is 2. The van der Waals surface area contributed by atoms with Crippen molar-refractivity contribution in [1.82, 2.24) is 0 Å². The number of halogens is 7. The first-order chi connectivity index (χ1) is 5.98. The summed E-state index contributed by atoms with van der Waals surface area (Å²) in [6.07, 6.45) is -15.9. The van der Waals surface area contributed by atoms with Crippen LogP contribution in [0.4, 0.5) is 30.7 Å². The van der Waals surface area contributed by atoms with Gasteiger partial charge in [0.05, 0.1) is 0 Å². The maximum Gasteiger partial charge on any atom is 0.453 e. The standard InChI is InChI=1S/C5HF7O2/c6-1(2(13)4(7,8)9)3(14)5(10,11)12/h1H. The van der Waals surface area contributed by atoms with Crippen molar-refractivity contribution < 1.29 is 40.3 Å². The lowest BCUT2D eigenvalue weighted by Gasteiger charge is -2.10. The summed E-state index contributed by atoms with van der Waals surface area (Å²) < 4.78 is 80.1. The smallest absolute Gasteiger partial charge is 0.286 e. The molecule has 0 aliphatic heterocycles. The monoisotopic (exact) mass is 226 g/mol. The van der Waals surface area contributed by atoms with Crippen LogP contribution in [0.15, 0.2) is 0 Å². The van der Waals surface area contributed by atoms with Crippen LogP contribution in [0.5, 0.6) is 0 Å². The number of hydrogen-bond donors (Lipinski definition) is 0. The van der Waals surface area contributed by atoms with Crippen molar-refractivity contribution >= 4 is 11.6 Å². The molecule has 0 aliphatic rings. The Morgan fingerprint density at radius 2 is 1.00 bits per heavy atom. The van der Waals surface area contributed by atoms with Gasteiger partial charge in [0.25, 0.3) is 11.6 Å². The SMILES string of the molecule is O=C(C(F)C(=O)C(F)(F)F)C(F)(F)F. The maximum absolute atomic E-state index is 12.0. The number of Topliss-reactive ketones (excluding diaryl/α,β-unsaturated/α-hetero) is 2. The van der Waals surface area contributed by atoms with Crippen LogP contribution < -0.4 is 0 Å². The first-order valence-electron chi connectivity index (χ1n) is 2.84. The van der Waals surface area contributed by atoms with Crippen molar-refractivity contribution in [3.63, 3.8) is 0 Å². The number of carbonyl (C=O) groups is 2. The van der Waals surface area contributed by atoms with E-state index in [-0.39, 0.29) is 0 Å². The zero-order valence-electron chi connectivity index (χ0n) is 6.04. The fraction of sp³-hybridized carbons (Fsp3) is 0.600. The third-order valence-electron chi connectivity index (χ3n) is 1.02. The van der Waals surface area contributed by atoms with Gasteiger partial charge < -0.3 is 0 Å². The van der Waals surface area contributed by atoms with Gasteiger partial charge in [0.1, 0.15) is 0 Å². The third kappa shape index (κ3) is 2.96. The minimum Gasteiger partial charge on any atom is -0.286 e. The Kier molecular flexibility index (Phi) is 3.25. The lowest BCUT2D eigenvalue weighted by atomic mass is 10.1. The van der Waals surface area contributed by atoms with Crippen LogP contribution in [0, 0.1) is 0 Å². The average molecular weight is 226 g/mol. The van der Waals surface area contributed by atoms with E-state index in [0.717, 1.165) is 0 Å². The highest BCUT2D eigenvalue weighted by Gasteiger charge is 2.54. The van der Waals surface area contributed by atoms with Gasteiger partial charge in [-0.05, 0) is 0 Å². The van der Waals surface area contributed by atoms with Gasteiger partial charge in [-0.25, -0.2) is 4.39 Å². The molecule has 0 aromatic carbocycles. The predicted octanol–water partition coefficient (Wildman–Crippen LogP) is 1.59. The Bertz CT molecular complexity index is 224. The molecular formula is C5HF7O2. The Labute approximate surface area is 71.7 Å². The quantitative estimate of drug-likeness (QED) is 0.529. The first-order valence-corrected chi connectivity index (χ1v) is 2.84. The van der Waals surface area contributed by atoms with E-state index in [4.69, 9.17) is 0 Å². The van der Waals surface area contributed by atoms with Gasteiger partial charge in [-0.3, -0.25) is 9.59 Å². The number of alkyl halides is 7. The molecule has 0 fully saturated rings. The molecule has 0 saturated carbocycles. The summed E-state index contributed by atoms with van der Waals surface area (Å²) in [5, 5.41) is 0. The van der Waals surface area contributed by atoms with Crippen LogP contribution >= 0.6 is 0 Å². The molecule has 0 spiro atoms. The molecule has 0 N–H and O–H groups in total. The molecule has 0 saturated heterocycles. The Morgan fingerprint density at radius 3 is 1.14 bits per heavy atom. The van der Waals surface area contributed by atoms with Crippen molar-refractivity contribution in [3.8, 4) is 0 Å². The molecule has 0 aliphatic carbocycles. The van der Waals surface area contributed by atoms with Gasteiger partial charge in [0.15, 0.2) is 0 Å². The summed E-state index contributed by atoms with van der Waals surface area (Å²) in [7, 11) is 0. The molecule has 0 aromatic rings. The molecule has 9 heteroatoms. The van der Waals surface area contributed by atoms with E-state index in [1.165, 1.54) is 0 Å². The molecule has 0 aromatic heterocycles. The van der Waals surface area contributed by atoms with Gasteiger partial charge >= 0.3 is 12.4 Å². The first kappa shape index (κ1) is 12.8. The lowest BCUT2D eigenvalue weighted by Crippen LogP contribution is -2.42. The van der Waals surface area contributed by atoms with Crippen molar-refractivity contribution in [3.05, 3.63) is 0 Å². The normalized spacial score (nSPS) is 13.1. The van der Waals surface area contributed by atoms with Crippen molar-refractivity contribution in [2.45, 2.75) is 18.5 Å². The summed E-state index contributed by atoms with van der Waals surface area (Å²) in [5.41, 5.74) is 0. The van der Waals surface area contributed by atoms with Crippen LogP contribution in [0.2, 0.25) is 0 Å². The highest BCUT2D eigenvalue weighted by molar-refractivity contribution is 6.09. The van der Waals surface area contributed by atoms with Crippen LogP contribution in [0.1, 0.15) is 0 Å². The van der Waals surface area contributed by atoms with Crippen molar-refractivity contribution in [2.75, 3.05) is 0 Å². The summed E-state index contributed by atoms with van der Waals surface area (Å²) in [5.74, 6) is -6.72. The van der Waals surface area contributed by atoms with Crippen LogP contribution in [0.25, 0.3) is 0 Å². The Hall–Kier alpha value is -1.15. The summed E-state index contributed by atoms with van der Waals surface area (Å²) in [6, 6.07) is 0. The molecule has 82 valence electrons. The topological polar surface area (TPSA) is 34.1 Å². The van der Waals surface area contributed by atoms with Gasteiger partial charge in [-0.1, -0.05) is 0 Å². The Balaban J connectivity index is 4.74. The Morgan fingerprint density at radius 1 is 0.786 bits per heavy atom. The van der Waals surface area contributed by atoms with E-state index in [1.54, 1.807) is 0 Å². The van der Waals surface area contributed by atoms with E-state index in [0.29, 0.717) is 0 Å². The zero-order chi connectivity index (χ0) is 11.7. The second-order valence-electron chi connectivity index (χ2n) is 2.09. The second-order valence-corrected chi connectivity index (χ2v) is 2.09. The van der Waals surface area contributed by atoms with Gasteiger partial charge in [0.2, 0.25) is 6.17 Å². The lowest BCUT2D eigenvalue weighted by molar-refractivity contribution is -0.190. The summed E-state index contributed by atoms with van der Waals surface area (Å²) in [6.45, 7) is 0. The molecular weight excluding hydrogens is 225 g/mol. The highest BCUT2D eigenvalue weighted by atomic mass is 19.4. The van der Waals surface area contributed by atoms with E-state index in [9.17, 15) is 40.3 Å². The molecule has 0 heterocycles. The van der Waals surface area contributed by atoms with Gasteiger partial charge in [0, 0.05) is 0 Å². The van der Waals surface area contributed by atoms with Crippen LogP contribution in [-0.4, -0.2) is 30.1 Å². The van der Waals surface area contributed by atoms with Crippen LogP contribution in [-0.2, 0) is 9.59 Å². The van der Waals surface area contributed by atoms with Crippen LogP contribution in [0.3, 0.4) is 0 Å². The van der Waals surface area contributed by atoms with E-state index < -0.39 is 30.1 Å². The van der Waals surface area contributed by atoms with Gasteiger partial charge in [-0.2, -0.15) is 26.3 Å². The minimum atomic E-state index is -5.81. The molecule has 0 atom stereocenters. The predicted molar refractivity (Wildman–Crippen MR) is 27.0 cm³/mol. The largest absolute Gasteiger partial charge is 0.453 e. The molecule has 0 amide bonds. The fourth-order valence-corrected chi connectivity index (χ4v) is 0.406. The number of rotatable bonds is 2. The molecule has 0 rings (SSSR count). The molecule has 0 unspecified atom stereocenters. The molecule has 0 bridgehead atoms. The fourth-order valence-electron chi connectivity index (χ4n) is 0.406. The van der Waals surface area contributed by atoms with Crippen molar-refractivity contribution in [2.24, 2.45) is 0 Å². The van der Waals surface area contributed by atoms with Crippen molar-refractivity contribution in [1.29, 1.82) is 0 Å². The molecule has 0 radical (unpaired) electrons. The zero-order valence-corrected chi connectivity index (χ0v) is 6.04. The van der Waals surface area contributed by atoms with E-state index in [1.807, 2.05) is 0 Å². The number of carbonyl (C=O) groups excluding carboxylic acids is 2. The summed E-state index contributed by atoms with van der Waals surface area (Å²) >= 11 is 0. The maximum atomic E-state index is 12.0. The molecule has 2 nitrogen and oxygen atoms in total. The summed E-state index contributed by atoms with van der Waals surface area (Å²) in [4.78, 5) is 19.7. The van der Waals surface area contributed by atoms with Gasteiger partial charge in [-0.15, -0.1) is 0 Å². The highest BCUT2D eigenvalue weighted by Crippen LogP contribution is 2.25. The second kappa shape index (κ2) is 3.54. The van der Waals surface area contributed by atoms with E-state index >= 15 is 0 Å². The third-order valence-corrected chi connectivity index (χ3v) is 1.02. The average Bonchev–Trinajstić information content (AvgIpc) is 1.97. The van der Waals surface area contributed by atoms with E-state index in [2.05, 4.69) is 0 Å².